The number of aromatic amines is 1. The Labute approximate surface area is 162 Å². The van der Waals surface area contributed by atoms with E-state index < -0.39 is 0 Å². The fraction of sp³-hybridized carbons (Fsp3) is 0.182. The minimum Gasteiger partial charge on any atom is -0.497 e. The number of fused-ring (bicyclic) bond motifs is 4. The van der Waals surface area contributed by atoms with Crippen molar-refractivity contribution in [2.75, 3.05) is 18.7 Å². The van der Waals surface area contributed by atoms with Crippen molar-refractivity contribution in [3.63, 3.8) is 0 Å². The Kier molecular flexibility index (Phi) is 3.90. The van der Waals surface area contributed by atoms with E-state index in [4.69, 9.17) is 4.74 Å². The molecule has 6 nitrogen and oxygen atoms in total. The van der Waals surface area contributed by atoms with Crippen LogP contribution >= 0.6 is 0 Å². The number of nitrogens with zero attached hydrogens (tertiary/aromatic N) is 2. The molecule has 2 heterocycles. The summed E-state index contributed by atoms with van der Waals surface area (Å²) in [6.45, 7) is 0.716. The van der Waals surface area contributed by atoms with Crippen molar-refractivity contribution < 1.29 is 9.53 Å². The summed E-state index contributed by atoms with van der Waals surface area (Å²) in [6.07, 6.45) is 5.62. The predicted octanol–water partition coefficient (Wildman–Crippen LogP) is 3.77. The van der Waals surface area contributed by atoms with Crippen LogP contribution in [0.2, 0.25) is 0 Å². The first-order chi connectivity index (χ1) is 13.7. The molecule has 1 aliphatic heterocycles. The van der Waals surface area contributed by atoms with E-state index >= 15 is 0 Å². The van der Waals surface area contributed by atoms with E-state index in [0.717, 1.165) is 52.0 Å². The van der Waals surface area contributed by atoms with Crippen molar-refractivity contribution in [1.82, 2.24) is 10.4 Å². The van der Waals surface area contributed by atoms with Crippen LogP contribution in [0.25, 0.3) is 10.9 Å². The number of allylic oxidation sites excluding steroid dienone is 2. The number of benzene rings is 2. The highest BCUT2D eigenvalue weighted by Gasteiger charge is 2.22. The molecule has 2 aliphatic rings. The van der Waals surface area contributed by atoms with Gasteiger partial charge in [0.15, 0.2) is 0 Å². The second kappa shape index (κ2) is 6.56. The van der Waals surface area contributed by atoms with E-state index in [-0.39, 0.29) is 6.03 Å². The standard InChI is InChI=1S/C22H20N4O2/c1-28-15-9-10-20-14(13-15)11-12-26(20)25-22(27)24-19-8-4-7-18-21(19)16-5-2-3-6-17(16)23-18/h2-6,8-10,13,23H,7,11-12H2,1H3,(H,25,27). The molecule has 1 aliphatic carbocycles. The highest BCUT2D eigenvalue weighted by Crippen LogP contribution is 2.30. The number of amides is 2. The van der Waals surface area contributed by atoms with Gasteiger partial charge in [-0.05, 0) is 42.3 Å². The van der Waals surface area contributed by atoms with Gasteiger partial charge in [-0.15, -0.1) is 0 Å². The number of nitrogens with one attached hydrogen (secondary N) is 2. The van der Waals surface area contributed by atoms with Gasteiger partial charge in [-0.3, -0.25) is 5.01 Å². The molecule has 0 saturated carbocycles. The Bertz CT molecular complexity index is 1140. The minimum absolute atomic E-state index is 0.374. The molecule has 5 rings (SSSR count). The van der Waals surface area contributed by atoms with Crippen molar-refractivity contribution in [2.45, 2.75) is 12.8 Å². The number of aliphatic imine (C=N–C) groups is 1. The van der Waals surface area contributed by atoms with Gasteiger partial charge in [0.2, 0.25) is 0 Å². The summed E-state index contributed by atoms with van der Waals surface area (Å²) in [5.74, 6) is 0.825. The lowest BCUT2D eigenvalue weighted by atomic mass is 9.99. The maximum absolute atomic E-state index is 12.7. The third kappa shape index (κ3) is 2.74. The SMILES string of the molecule is COc1ccc2c(c1)CCN2NC(=O)N=C1C=CCc2[nH]c3ccccc3c21. The molecule has 0 atom stereocenters. The van der Waals surface area contributed by atoms with Gasteiger partial charge in [-0.25, -0.2) is 10.2 Å². The van der Waals surface area contributed by atoms with Gasteiger partial charge in [0.05, 0.1) is 18.5 Å². The lowest BCUT2D eigenvalue weighted by molar-refractivity contribution is 0.248. The van der Waals surface area contributed by atoms with Gasteiger partial charge in [0.25, 0.3) is 0 Å². The number of carbonyl (C=O) groups is 1. The van der Waals surface area contributed by atoms with Crippen LogP contribution in [0.15, 0.2) is 59.6 Å². The fourth-order valence-corrected chi connectivity index (χ4v) is 3.98. The molecule has 140 valence electrons. The molecular formula is C22H20N4O2. The third-order valence-electron chi connectivity index (χ3n) is 5.27. The molecule has 0 spiro atoms. The lowest BCUT2D eigenvalue weighted by Crippen LogP contribution is -2.40. The van der Waals surface area contributed by atoms with Gasteiger partial charge in [-0.2, -0.15) is 4.99 Å². The van der Waals surface area contributed by atoms with Gasteiger partial charge in [-0.1, -0.05) is 24.3 Å². The van der Waals surface area contributed by atoms with Crippen molar-refractivity contribution in [3.05, 3.63) is 71.4 Å². The number of hydrogen-bond donors (Lipinski definition) is 2. The molecular weight excluding hydrogens is 352 g/mol. The zero-order chi connectivity index (χ0) is 19.1. The molecule has 1 aromatic heterocycles. The van der Waals surface area contributed by atoms with E-state index in [1.54, 1.807) is 7.11 Å². The molecule has 6 heteroatoms. The molecule has 0 saturated heterocycles. The van der Waals surface area contributed by atoms with Crippen LogP contribution in [0.5, 0.6) is 5.75 Å². The van der Waals surface area contributed by atoms with Crippen LogP contribution in [0.4, 0.5) is 10.5 Å². The summed E-state index contributed by atoms with van der Waals surface area (Å²) in [7, 11) is 1.66. The first-order valence-corrected chi connectivity index (χ1v) is 9.33. The number of hydrazine groups is 1. The van der Waals surface area contributed by atoms with Crippen molar-refractivity contribution in [1.29, 1.82) is 0 Å². The first-order valence-electron chi connectivity index (χ1n) is 9.33. The zero-order valence-electron chi connectivity index (χ0n) is 15.5. The topological polar surface area (TPSA) is 69.7 Å². The van der Waals surface area contributed by atoms with Crippen LogP contribution in [0, 0.1) is 0 Å². The minimum atomic E-state index is -0.374. The number of methoxy groups -OCH3 is 1. The molecule has 2 amide bonds. The van der Waals surface area contributed by atoms with Crippen LogP contribution in [-0.2, 0) is 12.8 Å². The Hall–Kier alpha value is -3.54. The Morgan fingerprint density at radius 1 is 1.25 bits per heavy atom. The monoisotopic (exact) mass is 372 g/mol. The molecule has 3 aromatic rings. The predicted molar refractivity (Wildman–Crippen MR) is 110 cm³/mol. The van der Waals surface area contributed by atoms with Gasteiger partial charge < -0.3 is 9.72 Å². The summed E-state index contributed by atoms with van der Waals surface area (Å²) < 4.78 is 5.28. The summed E-state index contributed by atoms with van der Waals surface area (Å²) in [5.41, 5.74) is 8.91. The maximum Gasteiger partial charge on any atom is 0.360 e. The van der Waals surface area contributed by atoms with E-state index in [1.165, 1.54) is 0 Å². The number of aromatic nitrogens is 1. The second-order valence-corrected chi connectivity index (χ2v) is 6.94. The average Bonchev–Trinajstić information content (AvgIpc) is 3.29. The van der Waals surface area contributed by atoms with Crippen LogP contribution in [-0.4, -0.2) is 30.4 Å². The number of para-hydroxylation sites is 1. The van der Waals surface area contributed by atoms with E-state index in [2.05, 4.69) is 21.5 Å². The summed E-state index contributed by atoms with van der Waals surface area (Å²) in [5, 5.41) is 2.94. The van der Waals surface area contributed by atoms with Crippen LogP contribution in [0.1, 0.15) is 16.8 Å². The van der Waals surface area contributed by atoms with Crippen molar-refractivity contribution in [2.24, 2.45) is 4.99 Å². The summed E-state index contributed by atoms with van der Waals surface area (Å²) >= 11 is 0. The average molecular weight is 372 g/mol. The number of ether oxygens (including phenoxy) is 1. The van der Waals surface area contributed by atoms with Crippen molar-refractivity contribution in [3.8, 4) is 5.75 Å². The van der Waals surface area contributed by atoms with E-state index in [1.807, 2.05) is 53.6 Å². The fourth-order valence-electron chi connectivity index (χ4n) is 3.98. The number of H-pyrrole nitrogens is 1. The summed E-state index contributed by atoms with van der Waals surface area (Å²) in [6, 6.07) is 13.6. The smallest absolute Gasteiger partial charge is 0.360 e. The Morgan fingerprint density at radius 3 is 3.04 bits per heavy atom. The highest BCUT2D eigenvalue weighted by molar-refractivity contribution is 6.20. The van der Waals surface area contributed by atoms with Gasteiger partial charge >= 0.3 is 6.03 Å². The normalized spacial score (nSPS) is 16.3. The molecule has 28 heavy (non-hydrogen) atoms. The van der Waals surface area contributed by atoms with Gasteiger partial charge in [0, 0.05) is 35.1 Å². The number of hydrogen-bond acceptors (Lipinski definition) is 3. The number of urea groups is 1. The van der Waals surface area contributed by atoms with Crippen LogP contribution in [0.3, 0.4) is 0 Å². The Morgan fingerprint density at radius 2 is 2.14 bits per heavy atom. The maximum atomic E-state index is 12.7. The van der Waals surface area contributed by atoms with E-state index in [0.29, 0.717) is 12.3 Å². The highest BCUT2D eigenvalue weighted by atomic mass is 16.5. The molecule has 2 N–H and O–H groups in total. The van der Waals surface area contributed by atoms with Crippen LogP contribution < -0.4 is 15.2 Å². The van der Waals surface area contributed by atoms with Crippen molar-refractivity contribution >= 4 is 28.3 Å². The lowest BCUT2D eigenvalue weighted by Gasteiger charge is -2.19. The third-order valence-corrected chi connectivity index (χ3v) is 5.27. The van der Waals surface area contributed by atoms with Gasteiger partial charge in [0.1, 0.15) is 5.75 Å². The second-order valence-electron chi connectivity index (χ2n) is 6.94. The zero-order valence-corrected chi connectivity index (χ0v) is 15.5. The Balaban J connectivity index is 1.42. The number of carbonyl (C=O) groups excluding carboxylic acids is 1. The first kappa shape index (κ1) is 16.6. The molecule has 0 unspecified atom stereocenters. The number of rotatable bonds is 2. The molecule has 2 aromatic carbocycles. The largest absolute Gasteiger partial charge is 0.497 e. The number of anilines is 1. The quantitative estimate of drug-likeness (QED) is 0.720. The molecule has 0 bridgehead atoms. The molecule has 0 fully saturated rings. The van der Waals surface area contributed by atoms with E-state index in [9.17, 15) is 4.79 Å². The molecule has 0 radical (unpaired) electrons. The summed E-state index contributed by atoms with van der Waals surface area (Å²) in [4.78, 5) is 20.5.